The second-order valence-corrected chi connectivity index (χ2v) is 1.96. The van der Waals surface area contributed by atoms with Gasteiger partial charge in [-0.2, -0.15) is 0 Å². The number of hydrogen-bond acceptors (Lipinski definition) is 1. The molecule has 0 aromatic heterocycles. The lowest BCUT2D eigenvalue weighted by atomic mass is 10.0. The van der Waals surface area contributed by atoms with Crippen molar-refractivity contribution in [3.63, 3.8) is 0 Å². The van der Waals surface area contributed by atoms with Crippen LogP contribution in [0, 0.1) is 0 Å². The molecule has 0 aliphatic carbocycles. The Labute approximate surface area is 66.9 Å². The van der Waals surface area contributed by atoms with Gasteiger partial charge in [0.2, 0.25) is 0 Å². The Morgan fingerprint density at radius 2 is 2.40 bits per heavy atom. The SMILES string of the molecule is [2H]CC([2H])(c1ccccc1)C([2H])([2H])O. The fourth-order valence-corrected chi connectivity index (χ4v) is 0.704. The second kappa shape index (κ2) is 3.37. The van der Waals surface area contributed by atoms with Crippen LogP contribution in [0.25, 0.3) is 0 Å². The number of rotatable bonds is 2. The van der Waals surface area contributed by atoms with Crippen molar-refractivity contribution in [3.8, 4) is 0 Å². The van der Waals surface area contributed by atoms with Crippen LogP contribution in [0.1, 0.15) is 23.8 Å². The smallest absolute Gasteiger partial charge is 0.0570 e. The highest BCUT2D eigenvalue weighted by Gasteiger charge is 2.00. The largest absolute Gasteiger partial charge is 0.396 e. The average molecular weight is 140 g/mol. The van der Waals surface area contributed by atoms with Crippen molar-refractivity contribution in [3.05, 3.63) is 35.9 Å². The summed E-state index contributed by atoms with van der Waals surface area (Å²) in [5.41, 5.74) is 0.308. The third-order valence-corrected chi connectivity index (χ3v) is 1.26. The monoisotopic (exact) mass is 140 g/mol. The molecular formula is C9H12O. The van der Waals surface area contributed by atoms with E-state index in [1.165, 1.54) is 12.1 Å². The van der Waals surface area contributed by atoms with Crippen LogP contribution in [-0.2, 0) is 0 Å². The van der Waals surface area contributed by atoms with Crippen LogP contribution < -0.4 is 0 Å². The van der Waals surface area contributed by atoms with E-state index in [1.807, 2.05) is 0 Å². The molecule has 54 valence electrons. The van der Waals surface area contributed by atoms with E-state index >= 15 is 0 Å². The molecule has 1 unspecified atom stereocenters. The predicted octanol–water partition coefficient (Wildman–Crippen LogP) is 1.78. The fourth-order valence-electron chi connectivity index (χ4n) is 0.704. The topological polar surface area (TPSA) is 20.2 Å². The highest BCUT2D eigenvalue weighted by atomic mass is 16.3. The summed E-state index contributed by atoms with van der Waals surface area (Å²) in [7, 11) is 0. The van der Waals surface area contributed by atoms with Crippen molar-refractivity contribution in [2.24, 2.45) is 0 Å². The van der Waals surface area contributed by atoms with Crippen LogP contribution >= 0.6 is 0 Å². The molecule has 0 aliphatic rings. The lowest BCUT2D eigenvalue weighted by molar-refractivity contribution is 0.273. The lowest BCUT2D eigenvalue weighted by Crippen LogP contribution is -1.97. The maximum atomic E-state index is 9.22. The summed E-state index contributed by atoms with van der Waals surface area (Å²) in [6.07, 6.45) is 0. The first-order valence-corrected chi connectivity index (χ1v) is 2.99. The Morgan fingerprint density at radius 1 is 1.70 bits per heavy atom. The Kier molecular flexibility index (Phi) is 1.19. The zero-order valence-electron chi connectivity index (χ0n) is 9.54. The summed E-state index contributed by atoms with van der Waals surface area (Å²) in [4.78, 5) is 0. The Morgan fingerprint density at radius 3 is 2.90 bits per heavy atom. The van der Waals surface area contributed by atoms with Crippen LogP contribution in [0.5, 0.6) is 0 Å². The maximum absolute atomic E-state index is 9.22. The Hall–Kier alpha value is -0.820. The zero-order valence-corrected chi connectivity index (χ0v) is 5.54. The van der Waals surface area contributed by atoms with E-state index in [-0.39, 0.29) is 0 Å². The summed E-state index contributed by atoms with van der Waals surface area (Å²) in [5.74, 6) is -1.92. The molecule has 0 radical (unpaired) electrons. The molecule has 1 atom stereocenters. The van der Waals surface area contributed by atoms with Crippen molar-refractivity contribution < 1.29 is 10.6 Å². The highest BCUT2D eigenvalue weighted by molar-refractivity contribution is 5.18. The minimum absolute atomic E-state index is 0.308. The van der Waals surface area contributed by atoms with Crippen LogP contribution in [0.4, 0.5) is 0 Å². The summed E-state index contributed by atoms with van der Waals surface area (Å²) in [6.45, 7) is -3.24. The first kappa shape index (κ1) is 3.54. The fraction of sp³-hybridized carbons (Fsp3) is 0.333. The van der Waals surface area contributed by atoms with Gasteiger partial charge in [0.25, 0.3) is 0 Å². The normalized spacial score (nSPS) is 23.3. The summed E-state index contributed by atoms with van der Waals surface area (Å²) in [6, 6.07) is 8.12. The van der Waals surface area contributed by atoms with Gasteiger partial charge in [-0.25, -0.2) is 0 Å². The number of aliphatic hydroxyl groups is 1. The first-order valence-electron chi connectivity index (χ1n) is 5.19. The lowest BCUT2D eigenvalue weighted by Gasteiger charge is -2.05. The molecule has 0 amide bonds. The third kappa shape index (κ3) is 1.58. The molecule has 0 fully saturated rings. The molecule has 1 rings (SSSR count). The van der Waals surface area contributed by atoms with Gasteiger partial charge in [-0.15, -0.1) is 0 Å². The van der Waals surface area contributed by atoms with Crippen molar-refractivity contribution in [2.45, 2.75) is 12.8 Å². The molecule has 0 bridgehead atoms. The van der Waals surface area contributed by atoms with E-state index in [9.17, 15) is 5.11 Å². The molecule has 0 saturated heterocycles. The van der Waals surface area contributed by atoms with Gasteiger partial charge in [0, 0.05) is 15.2 Å². The van der Waals surface area contributed by atoms with E-state index in [1.54, 1.807) is 18.2 Å². The van der Waals surface area contributed by atoms with Gasteiger partial charge in [-0.1, -0.05) is 37.2 Å². The molecule has 0 aliphatic heterocycles. The van der Waals surface area contributed by atoms with Crippen molar-refractivity contribution in [2.75, 3.05) is 6.56 Å². The van der Waals surface area contributed by atoms with Gasteiger partial charge in [-0.3, -0.25) is 0 Å². The summed E-state index contributed by atoms with van der Waals surface area (Å²) < 4.78 is 29.2. The number of benzene rings is 1. The maximum Gasteiger partial charge on any atom is 0.0570 e. The van der Waals surface area contributed by atoms with Gasteiger partial charge in [0.15, 0.2) is 0 Å². The molecule has 1 heteroatoms. The molecule has 10 heavy (non-hydrogen) atoms. The zero-order chi connectivity index (χ0) is 10.8. The van der Waals surface area contributed by atoms with Gasteiger partial charge < -0.3 is 5.11 Å². The molecule has 1 N–H and O–H groups in total. The van der Waals surface area contributed by atoms with Crippen LogP contribution in [0.15, 0.2) is 30.3 Å². The minimum atomic E-state index is -2.71. The van der Waals surface area contributed by atoms with Crippen molar-refractivity contribution in [1.82, 2.24) is 0 Å². The van der Waals surface area contributed by atoms with Crippen molar-refractivity contribution in [1.29, 1.82) is 0 Å². The molecule has 0 spiro atoms. The predicted molar refractivity (Wildman–Crippen MR) is 41.9 cm³/mol. The van der Waals surface area contributed by atoms with Gasteiger partial charge >= 0.3 is 0 Å². The highest BCUT2D eigenvalue weighted by Crippen LogP contribution is 2.12. The summed E-state index contributed by atoms with van der Waals surface area (Å²) in [5, 5.41) is 9.22. The second-order valence-electron chi connectivity index (χ2n) is 1.96. The van der Waals surface area contributed by atoms with E-state index < -0.39 is 19.4 Å². The Balaban J connectivity index is 3.15. The average Bonchev–Trinajstić information content (AvgIpc) is 2.16. The van der Waals surface area contributed by atoms with E-state index in [0.717, 1.165) is 0 Å². The molecule has 1 nitrogen and oxygen atoms in total. The minimum Gasteiger partial charge on any atom is -0.396 e. The molecule has 0 heterocycles. The van der Waals surface area contributed by atoms with Crippen LogP contribution in [-0.4, -0.2) is 11.7 Å². The quantitative estimate of drug-likeness (QED) is 0.664. The third-order valence-electron chi connectivity index (χ3n) is 1.26. The van der Waals surface area contributed by atoms with Gasteiger partial charge in [-0.05, 0) is 5.56 Å². The van der Waals surface area contributed by atoms with Crippen LogP contribution in [0.3, 0.4) is 0 Å². The van der Waals surface area contributed by atoms with E-state index in [2.05, 4.69) is 0 Å². The molecule has 0 saturated carbocycles. The van der Waals surface area contributed by atoms with Gasteiger partial charge in [0.1, 0.15) is 0 Å². The molecule has 1 aromatic rings. The molecular weight excluding hydrogens is 124 g/mol. The first-order chi connectivity index (χ1) is 6.42. The Bertz CT molecular complexity index is 295. The van der Waals surface area contributed by atoms with E-state index in [4.69, 9.17) is 5.48 Å². The van der Waals surface area contributed by atoms with Crippen molar-refractivity contribution >= 4 is 0 Å². The molecule has 1 aromatic carbocycles. The summed E-state index contributed by atoms with van der Waals surface area (Å²) >= 11 is 0. The number of hydrogen-bond donors (Lipinski definition) is 1. The van der Waals surface area contributed by atoms with Crippen LogP contribution in [0.2, 0.25) is 0 Å². The van der Waals surface area contributed by atoms with E-state index in [0.29, 0.717) is 5.56 Å². The standard InChI is InChI=1S/C9H12O/c1-8(7-10)9-5-3-2-4-6-9/h2-6,8,10H,7H2,1H3/i1D,7D2,8D. The van der Waals surface area contributed by atoms with Gasteiger partial charge in [0.05, 0.1) is 2.74 Å².